The molecule has 0 spiro atoms. The van der Waals surface area contributed by atoms with Gasteiger partial charge in [-0.05, 0) is 43.0 Å². The molecule has 0 bridgehead atoms. The van der Waals surface area contributed by atoms with Crippen LogP contribution in [-0.2, 0) is 26.2 Å². The molecule has 1 aliphatic heterocycles. The van der Waals surface area contributed by atoms with Crippen molar-refractivity contribution in [1.29, 1.82) is 0 Å². The molecule has 0 unspecified atom stereocenters. The van der Waals surface area contributed by atoms with E-state index in [1.54, 1.807) is 7.05 Å². The summed E-state index contributed by atoms with van der Waals surface area (Å²) in [6.07, 6.45) is 6.58. The molecule has 1 saturated heterocycles. The van der Waals surface area contributed by atoms with Crippen molar-refractivity contribution in [2.24, 2.45) is 10.9 Å². The zero-order valence-electron chi connectivity index (χ0n) is 17.5. The number of aromatic nitrogens is 2. The van der Waals surface area contributed by atoms with Crippen LogP contribution < -0.4 is 10.6 Å². The van der Waals surface area contributed by atoms with Crippen LogP contribution >= 0.6 is 0 Å². The Balaban J connectivity index is 1.45. The zero-order valence-corrected chi connectivity index (χ0v) is 17.5. The van der Waals surface area contributed by atoms with E-state index in [0.717, 1.165) is 31.4 Å². The SMILES string of the molecule is CN=C(NCc1ccc(CN2CCCC2)cc1)NCc1nccn1CC(C)C. The first-order chi connectivity index (χ1) is 13.6. The summed E-state index contributed by atoms with van der Waals surface area (Å²) in [5, 5.41) is 6.76. The van der Waals surface area contributed by atoms with E-state index in [1.165, 1.54) is 37.1 Å². The molecule has 1 aliphatic rings. The molecule has 1 aromatic heterocycles. The second-order valence-corrected chi connectivity index (χ2v) is 7.97. The number of nitrogens with zero attached hydrogens (tertiary/aromatic N) is 4. The number of guanidine groups is 1. The first-order valence-electron chi connectivity index (χ1n) is 10.4. The summed E-state index contributed by atoms with van der Waals surface area (Å²) in [5.41, 5.74) is 2.65. The highest BCUT2D eigenvalue weighted by Gasteiger charge is 2.11. The summed E-state index contributed by atoms with van der Waals surface area (Å²) < 4.78 is 2.20. The summed E-state index contributed by atoms with van der Waals surface area (Å²) in [6, 6.07) is 8.91. The Morgan fingerprint density at radius 1 is 1.07 bits per heavy atom. The molecule has 152 valence electrons. The van der Waals surface area contributed by atoms with Gasteiger partial charge >= 0.3 is 0 Å². The summed E-state index contributed by atoms with van der Waals surface area (Å²) >= 11 is 0. The molecule has 2 aromatic rings. The van der Waals surface area contributed by atoms with E-state index in [1.807, 2.05) is 12.4 Å². The highest BCUT2D eigenvalue weighted by Crippen LogP contribution is 2.13. The maximum Gasteiger partial charge on any atom is 0.191 e. The first kappa shape index (κ1) is 20.4. The van der Waals surface area contributed by atoms with Crippen molar-refractivity contribution in [3.05, 3.63) is 53.6 Å². The lowest BCUT2D eigenvalue weighted by atomic mass is 10.1. The van der Waals surface area contributed by atoms with E-state index < -0.39 is 0 Å². The topological polar surface area (TPSA) is 57.5 Å². The summed E-state index contributed by atoms with van der Waals surface area (Å²) in [7, 11) is 1.80. The standard InChI is InChI=1S/C22H34N6/c1-18(2)16-28-13-10-24-21(28)15-26-22(23-3)25-14-19-6-8-20(9-7-19)17-27-11-4-5-12-27/h6-10,13,18H,4-5,11-12,14-17H2,1-3H3,(H2,23,25,26). The van der Waals surface area contributed by atoms with Gasteiger partial charge in [-0.3, -0.25) is 9.89 Å². The molecule has 1 aromatic carbocycles. The van der Waals surface area contributed by atoms with Crippen molar-refractivity contribution < 1.29 is 0 Å². The number of benzene rings is 1. The molecular formula is C22H34N6. The molecule has 28 heavy (non-hydrogen) atoms. The minimum absolute atomic E-state index is 0.596. The first-order valence-corrected chi connectivity index (χ1v) is 10.4. The van der Waals surface area contributed by atoms with E-state index in [0.29, 0.717) is 12.5 Å². The molecule has 2 N–H and O–H groups in total. The molecule has 0 saturated carbocycles. The predicted molar refractivity (Wildman–Crippen MR) is 115 cm³/mol. The van der Waals surface area contributed by atoms with Crippen LogP contribution in [0.5, 0.6) is 0 Å². The lowest BCUT2D eigenvalue weighted by molar-refractivity contribution is 0.331. The normalized spacial score (nSPS) is 15.4. The van der Waals surface area contributed by atoms with Gasteiger partial charge < -0.3 is 15.2 Å². The van der Waals surface area contributed by atoms with Crippen LogP contribution in [0, 0.1) is 5.92 Å². The second-order valence-electron chi connectivity index (χ2n) is 7.97. The number of hydrogen-bond acceptors (Lipinski definition) is 3. The van der Waals surface area contributed by atoms with E-state index in [4.69, 9.17) is 0 Å². The Morgan fingerprint density at radius 2 is 1.75 bits per heavy atom. The highest BCUT2D eigenvalue weighted by atomic mass is 15.2. The van der Waals surface area contributed by atoms with Crippen LogP contribution in [0.4, 0.5) is 0 Å². The monoisotopic (exact) mass is 382 g/mol. The lowest BCUT2D eigenvalue weighted by Crippen LogP contribution is -2.37. The van der Waals surface area contributed by atoms with Crippen LogP contribution in [0.1, 0.15) is 43.6 Å². The number of imidazole rings is 1. The minimum Gasteiger partial charge on any atom is -0.352 e. The number of hydrogen-bond donors (Lipinski definition) is 2. The molecule has 0 atom stereocenters. The van der Waals surface area contributed by atoms with Gasteiger partial charge in [-0.2, -0.15) is 0 Å². The maximum atomic E-state index is 4.46. The van der Waals surface area contributed by atoms with Crippen LogP contribution in [0.3, 0.4) is 0 Å². The van der Waals surface area contributed by atoms with Crippen molar-refractivity contribution in [3.63, 3.8) is 0 Å². The number of rotatable bonds is 8. The molecule has 0 radical (unpaired) electrons. The molecule has 6 nitrogen and oxygen atoms in total. The van der Waals surface area contributed by atoms with Crippen molar-refractivity contribution in [2.45, 2.75) is 52.9 Å². The van der Waals surface area contributed by atoms with Crippen LogP contribution in [0.15, 0.2) is 41.7 Å². The van der Waals surface area contributed by atoms with Crippen LogP contribution in [0.25, 0.3) is 0 Å². The van der Waals surface area contributed by atoms with E-state index in [-0.39, 0.29) is 0 Å². The van der Waals surface area contributed by atoms with Gasteiger partial charge in [0.2, 0.25) is 0 Å². The summed E-state index contributed by atoms with van der Waals surface area (Å²) in [4.78, 5) is 11.3. The Kier molecular flexibility index (Phi) is 7.48. The largest absolute Gasteiger partial charge is 0.352 e. The number of likely N-dealkylation sites (tertiary alicyclic amines) is 1. The Morgan fingerprint density at radius 3 is 2.43 bits per heavy atom. The molecule has 0 amide bonds. The third-order valence-corrected chi connectivity index (χ3v) is 5.09. The number of nitrogens with one attached hydrogen (secondary N) is 2. The van der Waals surface area contributed by atoms with Crippen LogP contribution in [0.2, 0.25) is 0 Å². The average Bonchev–Trinajstić information content (AvgIpc) is 3.35. The Hall–Kier alpha value is -2.34. The third kappa shape index (κ3) is 6.09. The van der Waals surface area contributed by atoms with Gasteiger partial charge in [-0.1, -0.05) is 38.1 Å². The van der Waals surface area contributed by atoms with Gasteiger partial charge in [-0.15, -0.1) is 0 Å². The molecule has 2 heterocycles. The lowest BCUT2D eigenvalue weighted by Gasteiger charge is -2.15. The Bertz CT molecular complexity index is 741. The fraction of sp³-hybridized carbons (Fsp3) is 0.545. The molecule has 1 fully saturated rings. The van der Waals surface area contributed by atoms with Gasteiger partial charge in [0.1, 0.15) is 5.82 Å². The highest BCUT2D eigenvalue weighted by molar-refractivity contribution is 5.79. The smallest absolute Gasteiger partial charge is 0.191 e. The van der Waals surface area contributed by atoms with Gasteiger partial charge in [0.15, 0.2) is 5.96 Å². The predicted octanol–water partition coefficient (Wildman–Crippen LogP) is 3.00. The fourth-order valence-corrected chi connectivity index (χ4v) is 3.60. The fourth-order valence-electron chi connectivity index (χ4n) is 3.60. The summed E-state index contributed by atoms with van der Waals surface area (Å²) in [5.74, 6) is 2.42. The van der Waals surface area contributed by atoms with E-state index >= 15 is 0 Å². The van der Waals surface area contributed by atoms with E-state index in [9.17, 15) is 0 Å². The summed E-state index contributed by atoms with van der Waals surface area (Å²) in [6.45, 7) is 10.4. The maximum absolute atomic E-state index is 4.46. The van der Waals surface area contributed by atoms with Crippen molar-refractivity contribution >= 4 is 5.96 Å². The van der Waals surface area contributed by atoms with E-state index in [2.05, 4.69) is 68.2 Å². The molecular weight excluding hydrogens is 348 g/mol. The van der Waals surface area contributed by atoms with Gasteiger partial charge in [0, 0.05) is 39.1 Å². The van der Waals surface area contributed by atoms with Gasteiger partial charge in [0.05, 0.1) is 6.54 Å². The quantitative estimate of drug-likeness (QED) is 0.544. The zero-order chi connectivity index (χ0) is 19.8. The number of aliphatic imine (C=N–C) groups is 1. The minimum atomic E-state index is 0.596. The van der Waals surface area contributed by atoms with Crippen molar-refractivity contribution in [3.8, 4) is 0 Å². The van der Waals surface area contributed by atoms with Crippen molar-refractivity contribution in [1.82, 2.24) is 25.1 Å². The van der Waals surface area contributed by atoms with Crippen molar-refractivity contribution in [2.75, 3.05) is 20.1 Å². The average molecular weight is 383 g/mol. The van der Waals surface area contributed by atoms with Gasteiger partial charge in [0.25, 0.3) is 0 Å². The second kappa shape index (κ2) is 10.3. The molecule has 0 aliphatic carbocycles. The van der Waals surface area contributed by atoms with Crippen LogP contribution in [-0.4, -0.2) is 40.5 Å². The molecule has 3 rings (SSSR count). The third-order valence-electron chi connectivity index (χ3n) is 5.09. The Labute approximate surface area is 169 Å². The molecule has 6 heteroatoms. The van der Waals surface area contributed by atoms with Gasteiger partial charge in [-0.25, -0.2) is 4.98 Å².